The molecule has 1 atom stereocenters. The largest absolute Gasteiger partial charge is 0.386 e. The lowest BCUT2D eigenvalue weighted by atomic mass is 10.2. The van der Waals surface area contributed by atoms with Gasteiger partial charge in [-0.15, -0.1) is 35.3 Å². The van der Waals surface area contributed by atoms with Gasteiger partial charge in [-0.2, -0.15) is 0 Å². The van der Waals surface area contributed by atoms with Gasteiger partial charge < -0.3 is 15.7 Å². The minimum Gasteiger partial charge on any atom is -0.386 e. The van der Waals surface area contributed by atoms with Crippen molar-refractivity contribution in [2.75, 3.05) is 13.1 Å². The molecule has 6 heteroatoms. The first-order chi connectivity index (χ1) is 12.3. The molecule has 0 aliphatic heterocycles. The van der Waals surface area contributed by atoms with Crippen LogP contribution < -0.4 is 10.6 Å². The second-order valence-electron chi connectivity index (χ2n) is 5.76. The summed E-state index contributed by atoms with van der Waals surface area (Å²) in [6, 6.07) is 20.4. The Bertz CT molecular complexity index is 802. The maximum absolute atomic E-state index is 10.5. The summed E-state index contributed by atoms with van der Waals surface area (Å²) >= 11 is 1.63. The maximum Gasteiger partial charge on any atom is 0.191 e. The molecule has 3 N–H and O–H groups in total. The molecule has 0 amide bonds. The van der Waals surface area contributed by atoms with E-state index in [1.54, 1.807) is 11.3 Å². The SMILES string of the molecule is CCNC(=NCc1ccccc1)NCC(O)c1cc2ccccc2s1.I. The van der Waals surface area contributed by atoms with Gasteiger partial charge in [0.2, 0.25) is 0 Å². The van der Waals surface area contributed by atoms with E-state index in [0.29, 0.717) is 19.0 Å². The van der Waals surface area contributed by atoms with Crippen molar-refractivity contribution in [2.45, 2.75) is 19.6 Å². The lowest BCUT2D eigenvalue weighted by Gasteiger charge is -2.14. The highest BCUT2D eigenvalue weighted by Gasteiger charge is 2.12. The zero-order valence-corrected chi connectivity index (χ0v) is 17.8. The van der Waals surface area contributed by atoms with Crippen molar-refractivity contribution in [3.05, 3.63) is 71.1 Å². The number of nitrogens with zero attached hydrogens (tertiary/aromatic N) is 1. The molecule has 26 heavy (non-hydrogen) atoms. The number of benzene rings is 2. The molecule has 0 bridgehead atoms. The predicted octanol–water partition coefficient (Wildman–Crippen LogP) is 4.31. The summed E-state index contributed by atoms with van der Waals surface area (Å²) in [7, 11) is 0. The van der Waals surface area contributed by atoms with Gasteiger partial charge in [-0.25, -0.2) is 4.99 Å². The van der Waals surface area contributed by atoms with E-state index in [9.17, 15) is 5.11 Å². The van der Waals surface area contributed by atoms with Crippen LogP contribution in [0.15, 0.2) is 65.7 Å². The van der Waals surface area contributed by atoms with E-state index in [1.165, 1.54) is 10.1 Å². The number of nitrogens with one attached hydrogen (secondary N) is 2. The predicted molar refractivity (Wildman–Crippen MR) is 121 cm³/mol. The number of fused-ring (bicyclic) bond motifs is 1. The Kier molecular flexibility index (Phi) is 8.34. The van der Waals surface area contributed by atoms with Gasteiger partial charge in [0, 0.05) is 22.7 Å². The van der Waals surface area contributed by atoms with E-state index < -0.39 is 6.10 Å². The lowest BCUT2D eigenvalue weighted by Crippen LogP contribution is -2.39. The summed E-state index contributed by atoms with van der Waals surface area (Å²) in [6.07, 6.45) is -0.557. The molecule has 1 heterocycles. The Morgan fingerprint density at radius 3 is 2.54 bits per heavy atom. The minimum absolute atomic E-state index is 0. The highest BCUT2D eigenvalue weighted by molar-refractivity contribution is 14.0. The van der Waals surface area contributed by atoms with E-state index in [1.807, 2.05) is 37.3 Å². The van der Waals surface area contributed by atoms with Crippen LogP contribution in [0.5, 0.6) is 0 Å². The molecule has 0 aliphatic rings. The highest BCUT2D eigenvalue weighted by atomic mass is 127. The third kappa shape index (κ3) is 5.69. The quantitative estimate of drug-likeness (QED) is 0.280. The molecule has 0 saturated carbocycles. The van der Waals surface area contributed by atoms with Gasteiger partial charge in [-0.1, -0.05) is 48.5 Å². The molecule has 1 aromatic heterocycles. The average Bonchev–Trinajstić information content (AvgIpc) is 3.09. The number of hydrogen-bond donors (Lipinski definition) is 3. The van der Waals surface area contributed by atoms with Crippen molar-refractivity contribution < 1.29 is 5.11 Å². The number of thiophene rings is 1. The maximum atomic E-state index is 10.5. The molecule has 1 unspecified atom stereocenters. The van der Waals surface area contributed by atoms with Gasteiger partial charge in [0.15, 0.2) is 5.96 Å². The molecule has 0 fully saturated rings. The highest BCUT2D eigenvalue weighted by Crippen LogP contribution is 2.29. The Labute approximate surface area is 175 Å². The Morgan fingerprint density at radius 1 is 1.08 bits per heavy atom. The summed E-state index contributed by atoms with van der Waals surface area (Å²) in [6.45, 7) is 3.84. The van der Waals surface area contributed by atoms with E-state index in [4.69, 9.17) is 0 Å². The van der Waals surface area contributed by atoms with Crippen molar-refractivity contribution in [3.8, 4) is 0 Å². The number of aliphatic hydroxyl groups is 1. The molecule has 3 aromatic rings. The van der Waals surface area contributed by atoms with Crippen LogP contribution >= 0.6 is 35.3 Å². The van der Waals surface area contributed by atoms with Crippen LogP contribution in [0.4, 0.5) is 0 Å². The third-order valence-corrected chi connectivity index (χ3v) is 5.06. The number of aliphatic hydroxyl groups excluding tert-OH is 1. The summed E-state index contributed by atoms with van der Waals surface area (Å²) < 4.78 is 1.20. The number of halogens is 1. The van der Waals surface area contributed by atoms with Crippen LogP contribution in [-0.4, -0.2) is 24.2 Å². The van der Waals surface area contributed by atoms with Crippen LogP contribution in [0, 0.1) is 0 Å². The van der Waals surface area contributed by atoms with Crippen LogP contribution in [0.2, 0.25) is 0 Å². The molecule has 0 radical (unpaired) electrons. The van der Waals surface area contributed by atoms with Gasteiger partial charge in [-0.05, 0) is 30.0 Å². The van der Waals surface area contributed by atoms with Crippen LogP contribution in [0.1, 0.15) is 23.5 Å². The molecule has 3 rings (SSSR count). The van der Waals surface area contributed by atoms with Gasteiger partial charge in [0.05, 0.1) is 6.54 Å². The van der Waals surface area contributed by atoms with Gasteiger partial charge in [0.1, 0.15) is 6.10 Å². The first-order valence-corrected chi connectivity index (χ1v) is 9.30. The first-order valence-electron chi connectivity index (χ1n) is 8.49. The third-order valence-electron chi connectivity index (χ3n) is 3.84. The van der Waals surface area contributed by atoms with Crippen molar-refractivity contribution in [3.63, 3.8) is 0 Å². The molecule has 138 valence electrons. The van der Waals surface area contributed by atoms with Crippen molar-refractivity contribution in [1.82, 2.24) is 10.6 Å². The number of guanidine groups is 1. The van der Waals surface area contributed by atoms with Crippen LogP contribution in [0.3, 0.4) is 0 Å². The fraction of sp³-hybridized carbons (Fsp3) is 0.250. The summed E-state index contributed by atoms with van der Waals surface area (Å²) in [4.78, 5) is 5.54. The topological polar surface area (TPSA) is 56.7 Å². The number of aliphatic imine (C=N–C) groups is 1. The standard InChI is InChI=1S/C20H23N3OS.HI/c1-2-21-20(22-13-15-8-4-3-5-9-15)23-14-17(24)19-12-16-10-6-7-11-18(16)25-19;/h3-12,17,24H,2,13-14H2,1H3,(H2,21,22,23);1H. The van der Waals surface area contributed by atoms with Gasteiger partial charge in [0.25, 0.3) is 0 Å². The molecule has 2 aromatic carbocycles. The van der Waals surface area contributed by atoms with Gasteiger partial charge in [-0.3, -0.25) is 0 Å². The second kappa shape index (κ2) is 10.5. The molecule has 0 aliphatic carbocycles. The fourth-order valence-corrected chi connectivity index (χ4v) is 3.61. The monoisotopic (exact) mass is 481 g/mol. The average molecular weight is 481 g/mol. The van der Waals surface area contributed by atoms with E-state index in [-0.39, 0.29) is 24.0 Å². The Balaban J connectivity index is 0.00000243. The van der Waals surface area contributed by atoms with E-state index >= 15 is 0 Å². The smallest absolute Gasteiger partial charge is 0.191 e. The van der Waals surface area contributed by atoms with Crippen molar-refractivity contribution in [1.29, 1.82) is 0 Å². The van der Waals surface area contributed by atoms with Crippen LogP contribution in [0.25, 0.3) is 10.1 Å². The van der Waals surface area contributed by atoms with Crippen molar-refractivity contribution >= 4 is 51.4 Å². The molecule has 0 saturated heterocycles. The minimum atomic E-state index is -0.557. The first kappa shape index (κ1) is 20.7. The zero-order chi connectivity index (χ0) is 17.5. The fourth-order valence-electron chi connectivity index (χ4n) is 2.56. The molecular formula is C20H24IN3OS. The van der Waals surface area contributed by atoms with Crippen molar-refractivity contribution in [2.24, 2.45) is 4.99 Å². The van der Waals surface area contributed by atoms with Crippen LogP contribution in [-0.2, 0) is 6.54 Å². The zero-order valence-electron chi connectivity index (χ0n) is 14.7. The Hall–Kier alpha value is -1.64. The summed E-state index contributed by atoms with van der Waals surface area (Å²) in [5.74, 6) is 0.714. The lowest BCUT2D eigenvalue weighted by molar-refractivity contribution is 0.184. The number of hydrogen-bond acceptors (Lipinski definition) is 3. The summed E-state index contributed by atoms with van der Waals surface area (Å²) in [5, 5.41) is 18.1. The van der Waals surface area contributed by atoms with Gasteiger partial charge >= 0.3 is 0 Å². The number of rotatable bonds is 6. The summed E-state index contributed by atoms with van der Waals surface area (Å²) in [5.41, 5.74) is 1.16. The second-order valence-corrected chi connectivity index (χ2v) is 6.88. The molecule has 0 spiro atoms. The van der Waals surface area contributed by atoms with E-state index in [0.717, 1.165) is 17.0 Å². The molecule has 4 nitrogen and oxygen atoms in total. The normalized spacial score (nSPS) is 12.5. The van der Waals surface area contributed by atoms with E-state index in [2.05, 4.69) is 46.0 Å². The Morgan fingerprint density at radius 2 is 1.81 bits per heavy atom. The molecular weight excluding hydrogens is 457 g/mol.